The van der Waals surface area contributed by atoms with Gasteiger partial charge in [-0.2, -0.15) is 0 Å². The molecule has 2 aliphatic heterocycles. The number of Topliss-reactive ketones (excluding diaryl/α,β-unsaturated/α-hetero) is 1. The highest BCUT2D eigenvalue weighted by Crippen LogP contribution is 2.41. The Hall–Kier alpha value is -4.07. The molecule has 156 valence electrons. The van der Waals surface area contributed by atoms with E-state index in [1.165, 1.54) is 11.2 Å². The Morgan fingerprint density at radius 3 is 2.65 bits per heavy atom. The highest BCUT2D eigenvalue weighted by atomic mass is 16.6. The van der Waals surface area contributed by atoms with Crippen LogP contribution in [-0.4, -0.2) is 39.9 Å². The highest BCUT2D eigenvalue weighted by molar-refractivity contribution is 6.46. The number of aliphatic hydroxyl groups excluding tert-OH is 1. The first-order valence-electron chi connectivity index (χ1n) is 9.75. The summed E-state index contributed by atoms with van der Waals surface area (Å²) < 4.78 is 16.5. The van der Waals surface area contributed by atoms with Crippen LogP contribution in [0, 0.1) is 0 Å². The van der Waals surface area contributed by atoms with E-state index in [4.69, 9.17) is 13.9 Å². The van der Waals surface area contributed by atoms with Crippen molar-refractivity contribution in [2.75, 3.05) is 13.2 Å². The predicted molar refractivity (Wildman–Crippen MR) is 108 cm³/mol. The molecular formula is C23H18N2O6. The molecule has 8 heteroatoms. The predicted octanol–water partition coefficient (Wildman–Crippen LogP) is 3.07. The number of furan rings is 1. The SMILES string of the molecule is O=C1C(=O)N(Cc2ccco2)C(c2ccccn2)/C1=C(/O)c1ccc2c(c1)OCCO2. The normalized spacial score (nSPS) is 19.6. The van der Waals surface area contributed by atoms with Crippen LogP contribution in [0.4, 0.5) is 0 Å². The van der Waals surface area contributed by atoms with Crippen molar-refractivity contribution < 1.29 is 28.6 Å². The average molecular weight is 418 g/mol. The molecule has 8 nitrogen and oxygen atoms in total. The molecule has 31 heavy (non-hydrogen) atoms. The fraction of sp³-hybridized carbons (Fsp3) is 0.174. The maximum atomic E-state index is 13.0. The van der Waals surface area contributed by atoms with Gasteiger partial charge in [-0.25, -0.2) is 0 Å². The quantitative estimate of drug-likeness (QED) is 0.395. The summed E-state index contributed by atoms with van der Waals surface area (Å²) in [5.74, 6) is -0.271. The van der Waals surface area contributed by atoms with Crippen LogP contribution in [0.25, 0.3) is 5.76 Å². The fourth-order valence-corrected chi connectivity index (χ4v) is 3.80. The Morgan fingerprint density at radius 1 is 1.06 bits per heavy atom. The third-order valence-electron chi connectivity index (χ3n) is 5.23. The first-order valence-corrected chi connectivity index (χ1v) is 9.75. The van der Waals surface area contributed by atoms with Crippen LogP contribution in [-0.2, 0) is 16.1 Å². The van der Waals surface area contributed by atoms with Crippen molar-refractivity contribution in [3.05, 3.63) is 83.6 Å². The Bertz CT molecular complexity index is 1170. The van der Waals surface area contributed by atoms with E-state index in [2.05, 4.69) is 4.98 Å². The Kier molecular flexibility index (Phi) is 4.66. The van der Waals surface area contributed by atoms with Crippen LogP contribution in [0.15, 0.2) is 71.0 Å². The number of hydrogen-bond donors (Lipinski definition) is 1. The van der Waals surface area contributed by atoms with Crippen LogP contribution in [0.3, 0.4) is 0 Å². The number of pyridine rings is 1. The van der Waals surface area contributed by atoms with E-state index in [-0.39, 0.29) is 17.9 Å². The van der Waals surface area contributed by atoms with Crippen molar-refractivity contribution in [3.63, 3.8) is 0 Å². The van der Waals surface area contributed by atoms with Crippen LogP contribution in [0.5, 0.6) is 11.5 Å². The van der Waals surface area contributed by atoms with Gasteiger partial charge >= 0.3 is 0 Å². The van der Waals surface area contributed by atoms with Crippen molar-refractivity contribution in [2.45, 2.75) is 12.6 Å². The number of aliphatic hydroxyl groups is 1. The molecule has 0 radical (unpaired) electrons. The summed E-state index contributed by atoms with van der Waals surface area (Å²) in [6, 6.07) is 12.7. The van der Waals surface area contributed by atoms with Crippen LogP contribution >= 0.6 is 0 Å². The molecule has 1 unspecified atom stereocenters. The number of nitrogens with zero attached hydrogens (tertiary/aromatic N) is 2. The molecule has 1 atom stereocenters. The maximum absolute atomic E-state index is 13.0. The van der Waals surface area contributed by atoms with Gasteiger partial charge in [0.05, 0.1) is 24.1 Å². The minimum atomic E-state index is -0.862. The summed E-state index contributed by atoms with van der Waals surface area (Å²) in [6.07, 6.45) is 3.07. The first kappa shape index (κ1) is 18.9. The molecule has 1 saturated heterocycles. The Labute approximate surface area is 177 Å². The lowest BCUT2D eigenvalue weighted by Crippen LogP contribution is -2.29. The number of aromatic nitrogens is 1. The number of hydrogen-bond acceptors (Lipinski definition) is 7. The van der Waals surface area contributed by atoms with Gasteiger partial charge in [-0.1, -0.05) is 6.07 Å². The molecule has 2 aliphatic rings. The maximum Gasteiger partial charge on any atom is 0.296 e. The van der Waals surface area contributed by atoms with Gasteiger partial charge < -0.3 is 23.9 Å². The zero-order valence-electron chi connectivity index (χ0n) is 16.4. The molecule has 5 rings (SSSR count). The molecule has 4 heterocycles. The van der Waals surface area contributed by atoms with Crippen molar-refractivity contribution >= 4 is 17.4 Å². The summed E-state index contributed by atoms with van der Waals surface area (Å²) in [7, 11) is 0. The van der Waals surface area contributed by atoms with Crippen LogP contribution < -0.4 is 9.47 Å². The first-order chi connectivity index (χ1) is 15.1. The van der Waals surface area contributed by atoms with Crippen LogP contribution in [0.2, 0.25) is 0 Å². The topological polar surface area (TPSA) is 102 Å². The molecule has 1 N–H and O–H groups in total. The summed E-state index contributed by atoms with van der Waals surface area (Å²) in [5.41, 5.74) is 0.778. The number of carbonyl (C=O) groups is 2. The van der Waals surface area contributed by atoms with Gasteiger partial charge in [0.15, 0.2) is 11.5 Å². The Balaban J connectivity index is 1.63. The number of likely N-dealkylation sites (tertiary alicyclic amines) is 1. The van der Waals surface area contributed by atoms with Gasteiger partial charge in [-0.3, -0.25) is 14.6 Å². The van der Waals surface area contributed by atoms with Gasteiger partial charge in [-0.05, 0) is 42.5 Å². The van der Waals surface area contributed by atoms with Gasteiger partial charge in [-0.15, -0.1) is 0 Å². The standard InChI is InChI=1S/C23H18N2O6/c26-21(14-6-7-17-18(12-14)31-11-10-30-17)19-20(16-5-1-2-8-24-16)25(23(28)22(19)27)13-15-4-3-9-29-15/h1-9,12,20,26H,10-11,13H2/b21-19-. The summed E-state index contributed by atoms with van der Waals surface area (Å²) >= 11 is 0. The zero-order valence-corrected chi connectivity index (χ0v) is 16.4. The molecule has 0 aliphatic carbocycles. The monoisotopic (exact) mass is 418 g/mol. The minimum absolute atomic E-state index is 0.0352. The number of rotatable bonds is 4. The lowest BCUT2D eigenvalue weighted by atomic mass is 9.98. The van der Waals surface area contributed by atoms with Crippen molar-refractivity contribution in [3.8, 4) is 11.5 Å². The molecule has 1 amide bonds. The molecule has 1 aromatic carbocycles. The number of ether oxygens (including phenoxy) is 2. The van der Waals surface area contributed by atoms with Gasteiger partial charge in [0.2, 0.25) is 0 Å². The van der Waals surface area contributed by atoms with E-state index in [0.29, 0.717) is 41.7 Å². The van der Waals surface area contributed by atoms with E-state index in [1.54, 1.807) is 54.7 Å². The minimum Gasteiger partial charge on any atom is -0.507 e. The largest absolute Gasteiger partial charge is 0.507 e. The van der Waals surface area contributed by atoms with Crippen molar-refractivity contribution in [1.29, 1.82) is 0 Å². The molecule has 3 aromatic rings. The number of fused-ring (bicyclic) bond motifs is 1. The average Bonchev–Trinajstić information content (AvgIpc) is 3.41. The van der Waals surface area contributed by atoms with Gasteiger partial charge in [0.1, 0.15) is 30.8 Å². The van der Waals surface area contributed by atoms with E-state index in [0.717, 1.165) is 0 Å². The second kappa shape index (κ2) is 7.64. The number of benzene rings is 1. The molecule has 0 saturated carbocycles. The smallest absolute Gasteiger partial charge is 0.296 e. The molecule has 0 bridgehead atoms. The van der Waals surface area contributed by atoms with Gasteiger partial charge in [0.25, 0.3) is 11.7 Å². The Morgan fingerprint density at radius 2 is 1.90 bits per heavy atom. The van der Waals surface area contributed by atoms with Crippen LogP contribution in [0.1, 0.15) is 23.1 Å². The second-order valence-electron chi connectivity index (χ2n) is 7.12. The molecular weight excluding hydrogens is 400 g/mol. The van der Waals surface area contributed by atoms with Crippen molar-refractivity contribution in [1.82, 2.24) is 9.88 Å². The highest BCUT2D eigenvalue weighted by Gasteiger charge is 2.47. The third-order valence-corrected chi connectivity index (χ3v) is 5.23. The molecule has 2 aromatic heterocycles. The lowest BCUT2D eigenvalue weighted by molar-refractivity contribution is -0.140. The van der Waals surface area contributed by atoms with E-state index >= 15 is 0 Å². The fourth-order valence-electron chi connectivity index (χ4n) is 3.80. The van der Waals surface area contributed by atoms with E-state index in [1.807, 2.05) is 0 Å². The molecule has 0 spiro atoms. The number of carbonyl (C=O) groups excluding carboxylic acids is 2. The lowest BCUT2D eigenvalue weighted by Gasteiger charge is -2.23. The third kappa shape index (κ3) is 3.31. The number of amides is 1. The number of ketones is 1. The zero-order chi connectivity index (χ0) is 21.4. The van der Waals surface area contributed by atoms with E-state index < -0.39 is 17.7 Å². The van der Waals surface area contributed by atoms with E-state index in [9.17, 15) is 14.7 Å². The summed E-state index contributed by atoms with van der Waals surface area (Å²) in [6.45, 7) is 0.894. The van der Waals surface area contributed by atoms with Gasteiger partial charge in [0, 0.05) is 11.8 Å². The van der Waals surface area contributed by atoms with Crippen molar-refractivity contribution in [2.24, 2.45) is 0 Å². The summed E-state index contributed by atoms with van der Waals surface area (Å²) in [5, 5.41) is 11.1. The second-order valence-corrected chi connectivity index (χ2v) is 7.12. The molecule has 1 fully saturated rings. The summed E-state index contributed by atoms with van der Waals surface area (Å²) in [4.78, 5) is 31.6.